The number of amides is 1. The van der Waals surface area contributed by atoms with Gasteiger partial charge in [0.25, 0.3) is 5.91 Å². The molecule has 6 heteroatoms. The molecule has 0 unspecified atom stereocenters. The van der Waals surface area contributed by atoms with Gasteiger partial charge in [-0.25, -0.2) is 4.98 Å². The molecule has 0 spiro atoms. The van der Waals surface area contributed by atoms with Gasteiger partial charge in [-0.15, -0.1) is 0 Å². The Morgan fingerprint density at radius 1 is 1.33 bits per heavy atom. The molecule has 3 aliphatic rings. The number of aromatic nitrogens is 1. The molecule has 132 valence electrons. The zero-order chi connectivity index (χ0) is 16.9. The minimum atomic E-state index is -0.620. The monoisotopic (exact) mass is 333 g/mol. The van der Waals surface area contributed by atoms with Crippen LogP contribution >= 0.6 is 0 Å². The Labute approximate surface area is 142 Å². The lowest BCUT2D eigenvalue weighted by Gasteiger charge is -2.51. The van der Waals surface area contributed by atoms with E-state index in [0.29, 0.717) is 37.2 Å². The highest BCUT2D eigenvalue weighted by atomic mass is 16.3. The summed E-state index contributed by atoms with van der Waals surface area (Å²) in [6.07, 6.45) is 5.02. The Balaban J connectivity index is 1.49. The highest BCUT2D eigenvalue weighted by Gasteiger charge is 2.47. The number of oxazole rings is 1. The number of fused-ring (bicyclic) bond motifs is 1. The van der Waals surface area contributed by atoms with Crippen LogP contribution in [0.2, 0.25) is 0 Å². The molecule has 1 N–H and O–H groups in total. The zero-order valence-electron chi connectivity index (χ0n) is 14.6. The first-order valence-corrected chi connectivity index (χ1v) is 9.17. The highest BCUT2D eigenvalue weighted by molar-refractivity contribution is 5.93. The number of likely N-dealkylation sites (tertiary alicyclic amines) is 2. The average Bonchev–Trinajstić information content (AvgIpc) is 3.29. The van der Waals surface area contributed by atoms with Crippen molar-refractivity contribution in [1.29, 1.82) is 0 Å². The highest BCUT2D eigenvalue weighted by Crippen LogP contribution is 2.42. The Bertz CT molecular complexity index is 625. The van der Waals surface area contributed by atoms with Crippen molar-refractivity contribution in [2.24, 2.45) is 5.92 Å². The fourth-order valence-corrected chi connectivity index (χ4v) is 4.18. The number of hydrogen-bond acceptors (Lipinski definition) is 5. The van der Waals surface area contributed by atoms with E-state index in [0.717, 1.165) is 38.1 Å². The number of piperidine rings is 2. The summed E-state index contributed by atoms with van der Waals surface area (Å²) in [5.41, 5.74) is -0.134. The third kappa shape index (κ3) is 2.75. The Morgan fingerprint density at radius 2 is 2.08 bits per heavy atom. The minimum absolute atomic E-state index is 0.0330. The molecule has 1 aliphatic carbocycles. The summed E-state index contributed by atoms with van der Waals surface area (Å²) >= 11 is 0. The van der Waals surface area contributed by atoms with Gasteiger partial charge in [-0.1, -0.05) is 0 Å². The van der Waals surface area contributed by atoms with Crippen LogP contribution in [0.1, 0.15) is 61.7 Å². The van der Waals surface area contributed by atoms with Crippen LogP contribution < -0.4 is 0 Å². The molecule has 2 aliphatic heterocycles. The molecule has 0 aromatic carbocycles. The minimum Gasteiger partial charge on any atom is -0.447 e. The van der Waals surface area contributed by atoms with Crippen molar-refractivity contribution in [2.75, 3.05) is 26.2 Å². The van der Waals surface area contributed by atoms with E-state index in [2.05, 4.69) is 23.7 Å². The Morgan fingerprint density at radius 3 is 2.79 bits per heavy atom. The predicted molar refractivity (Wildman–Crippen MR) is 88.8 cm³/mol. The predicted octanol–water partition coefficient (Wildman–Crippen LogP) is 1.86. The summed E-state index contributed by atoms with van der Waals surface area (Å²) in [7, 11) is 0. The van der Waals surface area contributed by atoms with Crippen molar-refractivity contribution in [1.82, 2.24) is 14.8 Å². The van der Waals surface area contributed by atoms with E-state index >= 15 is 0 Å². The topological polar surface area (TPSA) is 69.8 Å². The lowest BCUT2D eigenvalue weighted by atomic mass is 9.75. The second-order valence-corrected chi connectivity index (χ2v) is 7.98. The van der Waals surface area contributed by atoms with Crippen LogP contribution in [0.3, 0.4) is 0 Å². The molecule has 1 saturated carbocycles. The molecule has 0 radical (unpaired) electrons. The molecule has 3 heterocycles. The quantitative estimate of drug-likeness (QED) is 0.914. The van der Waals surface area contributed by atoms with Gasteiger partial charge in [0.05, 0.1) is 5.60 Å². The van der Waals surface area contributed by atoms with Gasteiger partial charge in [0.15, 0.2) is 12.1 Å². The molecule has 0 bridgehead atoms. The average molecular weight is 333 g/mol. The molecule has 3 fully saturated rings. The molecule has 24 heavy (non-hydrogen) atoms. The standard InChI is InChI=1S/C18H27N3O3/c1-12(2)20-7-5-18(23)6-8-21(10-14(18)9-20)17(22)15-16(13-3-4-13)24-11-19-15/h11-14,23H,3-10H2,1-2H3/t14-,18-/m0/s1. The van der Waals surface area contributed by atoms with Crippen LogP contribution in [-0.4, -0.2) is 63.6 Å². The van der Waals surface area contributed by atoms with E-state index in [1.165, 1.54) is 6.39 Å². The van der Waals surface area contributed by atoms with Gasteiger partial charge >= 0.3 is 0 Å². The number of hydrogen-bond donors (Lipinski definition) is 1. The third-order valence-corrected chi connectivity index (χ3v) is 6.07. The summed E-state index contributed by atoms with van der Waals surface area (Å²) in [6, 6.07) is 0.470. The van der Waals surface area contributed by atoms with E-state index in [1.807, 2.05) is 4.90 Å². The van der Waals surface area contributed by atoms with Gasteiger partial charge in [0.1, 0.15) is 5.76 Å². The molecule has 2 atom stereocenters. The van der Waals surface area contributed by atoms with E-state index in [1.54, 1.807) is 0 Å². The summed E-state index contributed by atoms with van der Waals surface area (Å²) in [5.74, 6) is 1.21. The number of rotatable bonds is 3. The summed E-state index contributed by atoms with van der Waals surface area (Å²) in [5, 5.41) is 11.0. The van der Waals surface area contributed by atoms with E-state index in [-0.39, 0.29) is 11.8 Å². The van der Waals surface area contributed by atoms with E-state index < -0.39 is 5.60 Å². The Kier molecular flexibility index (Phi) is 3.92. The fourth-order valence-electron chi connectivity index (χ4n) is 4.18. The number of carbonyl (C=O) groups excluding carboxylic acids is 1. The van der Waals surface area contributed by atoms with Crippen LogP contribution in [0.25, 0.3) is 0 Å². The Hall–Kier alpha value is -1.40. The molecule has 2 saturated heterocycles. The van der Waals surface area contributed by atoms with Crippen molar-refractivity contribution in [3.63, 3.8) is 0 Å². The fraction of sp³-hybridized carbons (Fsp3) is 0.778. The maximum absolute atomic E-state index is 12.9. The van der Waals surface area contributed by atoms with Crippen molar-refractivity contribution < 1.29 is 14.3 Å². The molecular weight excluding hydrogens is 306 g/mol. The summed E-state index contributed by atoms with van der Waals surface area (Å²) < 4.78 is 5.46. The summed E-state index contributed by atoms with van der Waals surface area (Å²) in [6.45, 7) is 7.38. The van der Waals surface area contributed by atoms with Gasteiger partial charge < -0.3 is 19.3 Å². The number of carbonyl (C=O) groups is 1. The smallest absolute Gasteiger partial charge is 0.276 e. The lowest BCUT2D eigenvalue weighted by molar-refractivity contribution is -0.111. The second kappa shape index (κ2) is 5.85. The maximum atomic E-state index is 12.9. The van der Waals surface area contributed by atoms with Crippen LogP contribution in [0.15, 0.2) is 10.8 Å². The first kappa shape index (κ1) is 16.1. The first-order chi connectivity index (χ1) is 11.5. The SMILES string of the molecule is CC(C)N1CC[C@]2(O)CCN(C(=O)c3ncoc3C3CC3)C[C@@H]2C1. The largest absolute Gasteiger partial charge is 0.447 e. The van der Waals surface area contributed by atoms with Crippen molar-refractivity contribution in [2.45, 2.75) is 57.1 Å². The number of aliphatic hydroxyl groups is 1. The second-order valence-electron chi connectivity index (χ2n) is 7.98. The van der Waals surface area contributed by atoms with Crippen molar-refractivity contribution in [3.05, 3.63) is 17.8 Å². The number of nitrogens with zero attached hydrogens (tertiary/aromatic N) is 3. The molecule has 6 nitrogen and oxygen atoms in total. The first-order valence-electron chi connectivity index (χ1n) is 9.17. The van der Waals surface area contributed by atoms with Gasteiger partial charge in [0.2, 0.25) is 0 Å². The van der Waals surface area contributed by atoms with Crippen LogP contribution in [-0.2, 0) is 0 Å². The van der Waals surface area contributed by atoms with E-state index in [9.17, 15) is 9.90 Å². The van der Waals surface area contributed by atoms with Gasteiger partial charge in [-0.05, 0) is 39.5 Å². The van der Waals surface area contributed by atoms with Crippen molar-refractivity contribution >= 4 is 5.91 Å². The molecule has 1 amide bonds. The van der Waals surface area contributed by atoms with Gasteiger partial charge in [-0.2, -0.15) is 0 Å². The van der Waals surface area contributed by atoms with E-state index in [4.69, 9.17) is 4.42 Å². The molecular formula is C18H27N3O3. The molecule has 1 aromatic rings. The summed E-state index contributed by atoms with van der Waals surface area (Å²) in [4.78, 5) is 21.4. The van der Waals surface area contributed by atoms with Crippen LogP contribution in [0.5, 0.6) is 0 Å². The lowest BCUT2D eigenvalue weighted by Crippen LogP contribution is -2.61. The van der Waals surface area contributed by atoms with Gasteiger partial charge in [-0.3, -0.25) is 4.79 Å². The van der Waals surface area contributed by atoms with Crippen LogP contribution in [0, 0.1) is 5.92 Å². The van der Waals surface area contributed by atoms with Crippen LogP contribution in [0.4, 0.5) is 0 Å². The molecule has 4 rings (SSSR count). The van der Waals surface area contributed by atoms with Crippen molar-refractivity contribution in [3.8, 4) is 0 Å². The molecule has 1 aromatic heterocycles. The normalized spacial score (nSPS) is 31.3. The van der Waals surface area contributed by atoms with Gasteiger partial charge in [0, 0.05) is 44.1 Å². The maximum Gasteiger partial charge on any atom is 0.276 e. The third-order valence-electron chi connectivity index (χ3n) is 6.07. The zero-order valence-corrected chi connectivity index (χ0v) is 14.6.